The molecule has 3 aromatic rings. The lowest BCUT2D eigenvalue weighted by Gasteiger charge is -2.28. The predicted octanol–water partition coefficient (Wildman–Crippen LogP) is 3.86. The molecule has 184 valence electrons. The number of hydrogen-bond acceptors (Lipinski definition) is 6. The fourth-order valence-corrected chi connectivity index (χ4v) is 6.30. The molecule has 2 aromatic heterocycles. The van der Waals surface area contributed by atoms with Gasteiger partial charge in [0.25, 0.3) is 0 Å². The summed E-state index contributed by atoms with van der Waals surface area (Å²) >= 11 is 0. The van der Waals surface area contributed by atoms with Crippen LogP contribution in [0.5, 0.6) is 0 Å². The van der Waals surface area contributed by atoms with E-state index in [9.17, 15) is 8.42 Å². The third kappa shape index (κ3) is 4.76. The summed E-state index contributed by atoms with van der Waals surface area (Å²) in [6.07, 6.45) is 7.57. The number of sulfonamides is 1. The highest BCUT2D eigenvalue weighted by Crippen LogP contribution is 2.34. The topological polar surface area (TPSA) is 80.0 Å². The van der Waals surface area contributed by atoms with E-state index in [-0.39, 0.29) is 0 Å². The average Bonchev–Trinajstić information content (AvgIpc) is 3.51. The van der Waals surface area contributed by atoms with Gasteiger partial charge in [-0.3, -0.25) is 9.98 Å². The molecule has 2 fully saturated rings. The second kappa shape index (κ2) is 9.93. The van der Waals surface area contributed by atoms with Crippen molar-refractivity contribution >= 4 is 27.6 Å². The Morgan fingerprint density at radius 2 is 1.77 bits per heavy atom. The summed E-state index contributed by atoms with van der Waals surface area (Å²) in [6, 6.07) is 11.4. The van der Waals surface area contributed by atoms with Crippen molar-refractivity contribution in [3.05, 3.63) is 65.7 Å². The molecule has 0 saturated carbocycles. The minimum absolute atomic E-state index is 0.315. The van der Waals surface area contributed by atoms with Crippen molar-refractivity contribution in [3.63, 3.8) is 0 Å². The van der Waals surface area contributed by atoms with Gasteiger partial charge in [-0.05, 0) is 63.1 Å². The smallest absolute Gasteiger partial charge is 0.243 e. The zero-order valence-corrected chi connectivity index (χ0v) is 21.0. The van der Waals surface area contributed by atoms with Crippen LogP contribution in [0.15, 0.2) is 58.7 Å². The van der Waals surface area contributed by atoms with Crippen molar-refractivity contribution in [2.75, 3.05) is 44.3 Å². The third-order valence-electron chi connectivity index (χ3n) is 6.71. The molecule has 9 heteroatoms. The molecule has 2 saturated heterocycles. The van der Waals surface area contributed by atoms with Crippen LogP contribution < -0.4 is 4.90 Å². The fraction of sp³-hybridized carbons (Fsp3) is 0.385. The van der Waals surface area contributed by atoms with E-state index in [1.807, 2.05) is 37.4 Å². The van der Waals surface area contributed by atoms with Gasteiger partial charge < -0.3 is 14.2 Å². The number of hydrogen-bond donors (Lipinski definition) is 0. The van der Waals surface area contributed by atoms with Crippen LogP contribution >= 0.6 is 0 Å². The third-order valence-corrected chi connectivity index (χ3v) is 8.61. The van der Waals surface area contributed by atoms with E-state index in [0.717, 1.165) is 59.9 Å². The SMILES string of the molecule is Cc1cc(C=Nc2cccnc2)c(C)n1-c1cc(S(=O)(=O)N2CCOCC2)ccc1N1CCCC1. The highest BCUT2D eigenvalue weighted by Gasteiger charge is 2.28. The first-order valence-electron chi connectivity index (χ1n) is 12.1. The Hall–Kier alpha value is -3.01. The van der Waals surface area contributed by atoms with Crippen molar-refractivity contribution in [2.24, 2.45) is 4.99 Å². The normalized spacial score (nSPS) is 17.5. The number of aromatic nitrogens is 2. The van der Waals surface area contributed by atoms with Gasteiger partial charge >= 0.3 is 0 Å². The lowest BCUT2D eigenvalue weighted by atomic mass is 10.2. The van der Waals surface area contributed by atoms with E-state index in [1.165, 1.54) is 4.31 Å². The Kier molecular flexibility index (Phi) is 6.73. The van der Waals surface area contributed by atoms with Gasteiger partial charge in [0.1, 0.15) is 0 Å². The van der Waals surface area contributed by atoms with Gasteiger partial charge in [-0.2, -0.15) is 4.31 Å². The van der Waals surface area contributed by atoms with Gasteiger partial charge in [0.05, 0.1) is 41.4 Å². The molecule has 1 aromatic carbocycles. The molecular formula is C26H31N5O3S. The van der Waals surface area contributed by atoms with Gasteiger partial charge in [-0.15, -0.1) is 0 Å². The van der Waals surface area contributed by atoms with Gasteiger partial charge in [-0.1, -0.05) is 0 Å². The number of benzene rings is 1. The Morgan fingerprint density at radius 1 is 1.00 bits per heavy atom. The molecule has 35 heavy (non-hydrogen) atoms. The average molecular weight is 494 g/mol. The van der Waals surface area contributed by atoms with Crippen molar-refractivity contribution in [2.45, 2.75) is 31.6 Å². The molecular weight excluding hydrogens is 462 g/mol. The van der Waals surface area contributed by atoms with Crippen LogP contribution in [0.25, 0.3) is 5.69 Å². The maximum Gasteiger partial charge on any atom is 0.243 e. The number of morpholine rings is 1. The van der Waals surface area contributed by atoms with Crippen LogP contribution in [-0.2, 0) is 14.8 Å². The van der Waals surface area contributed by atoms with Crippen molar-refractivity contribution in [3.8, 4) is 5.69 Å². The summed E-state index contributed by atoms with van der Waals surface area (Å²) in [7, 11) is -3.61. The predicted molar refractivity (Wildman–Crippen MR) is 138 cm³/mol. The number of pyridine rings is 1. The van der Waals surface area contributed by atoms with Crippen molar-refractivity contribution < 1.29 is 13.2 Å². The molecule has 0 bridgehead atoms. The maximum absolute atomic E-state index is 13.5. The molecule has 0 unspecified atom stereocenters. The molecule has 0 aliphatic carbocycles. The monoisotopic (exact) mass is 493 g/mol. The number of aliphatic imine (C=N–C) groups is 1. The standard InChI is InChI=1S/C26H31N5O3S/c1-20-16-22(18-28-23-6-5-9-27-19-23)21(2)31(20)26-17-24(7-8-25(26)29-10-3-4-11-29)35(32,33)30-12-14-34-15-13-30/h5-9,16-19H,3-4,10-15H2,1-2H3. The minimum Gasteiger partial charge on any atom is -0.379 e. The summed E-state index contributed by atoms with van der Waals surface area (Å²) in [4.78, 5) is 11.4. The maximum atomic E-state index is 13.5. The number of aryl methyl sites for hydroxylation is 1. The summed E-state index contributed by atoms with van der Waals surface area (Å²) in [5, 5.41) is 0. The minimum atomic E-state index is -3.61. The number of nitrogens with zero attached hydrogens (tertiary/aromatic N) is 5. The largest absolute Gasteiger partial charge is 0.379 e. The summed E-state index contributed by atoms with van der Waals surface area (Å²) in [5.41, 5.74) is 5.75. The summed E-state index contributed by atoms with van der Waals surface area (Å²) in [5.74, 6) is 0. The Morgan fingerprint density at radius 3 is 2.49 bits per heavy atom. The van der Waals surface area contributed by atoms with Gasteiger partial charge in [0.2, 0.25) is 10.0 Å². The van der Waals surface area contributed by atoms with Crippen LogP contribution in [0.3, 0.4) is 0 Å². The van der Waals surface area contributed by atoms with E-state index >= 15 is 0 Å². The lowest BCUT2D eigenvalue weighted by molar-refractivity contribution is 0.0730. The Labute approximate surface area is 206 Å². The molecule has 0 N–H and O–H groups in total. The molecule has 5 rings (SSSR count). The molecule has 0 spiro atoms. The Bertz CT molecular complexity index is 1320. The second-order valence-electron chi connectivity index (χ2n) is 8.99. The Balaban J connectivity index is 1.59. The molecule has 4 heterocycles. The first-order valence-corrected chi connectivity index (χ1v) is 13.5. The van der Waals surface area contributed by atoms with Crippen LogP contribution in [0.1, 0.15) is 29.8 Å². The number of ether oxygens (including phenoxy) is 1. The summed E-state index contributed by atoms with van der Waals surface area (Å²) < 4.78 is 36.0. The van der Waals surface area contributed by atoms with E-state index in [0.29, 0.717) is 31.2 Å². The van der Waals surface area contributed by atoms with Crippen molar-refractivity contribution in [1.82, 2.24) is 13.9 Å². The zero-order valence-electron chi connectivity index (χ0n) is 20.2. The van der Waals surface area contributed by atoms with E-state index in [1.54, 1.807) is 18.5 Å². The zero-order chi connectivity index (χ0) is 24.4. The van der Waals surface area contributed by atoms with Crippen LogP contribution in [0, 0.1) is 13.8 Å². The molecule has 8 nitrogen and oxygen atoms in total. The quantitative estimate of drug-likeness (QED) is 0.487. The van der Waals surface area contributed by atoms with Crippen molar-refractivity contribution in [1.29, 1.82) is 0 Å². The fourth-order valence-electron chi connectivity index (χ4n) is 4.87. The van der Waals surface area contributed by atoms with Gasteiger partial charge in [0.15, 0.2) is 0 Å². The highest BCUT2D eigenvalue weighted by molar-refractivity contribution is 7.89. The number of rotatable bonds is 6. The van der Waals surface area contributed by atoms with E-state index in [2.05, 4.69) is 32.4 Å². The van der Waals surface area contributed by atoms with Crippen LogP contribution in [-0.4, -0.2) is 67.9 Å². The molecule has 0 atom stereocenters. The molecule has 0 radical (unpaired) electrons. The molecule has 2 aliphatic rings. The van der Waals surface area contributed by atoms with Gasteiger partial charge in [-0.25, -0.2) is 8.42 Å². The molecule has 2 aliphatic heterocycles. The lowest BCUT2D eigenvalue weighted by Crippen LogP contribution is -2.40. The van der Waals surface area contributed by atoms with Crippen LogP contribution in [0.2, 0.25) is 0 Å². The van der Waals surface area contributed by atoms with E-state index in [4.69, 9.17) is 4.74 Å². The number of anilines is 1. The summed E-state index contributed by atoms with van der Waals surface area (Å²) in [6.45, 7) is 7.64. The van der Waals surface area contributed by atoms with Gasteiger partial charge in [0, 0.05) is 55.5 Å². The second-order valence-corrected chi connectivity index (χ2v) is 10.9. The molecule has 0 amide bonds. The first kappa shape index (κ1) is 23.7. The highest BCUT2D eigenvalue weighted by atomic mass is 32.2. The van der Waals surface area contributed by atoms with E-state index < -0.39 is 10.0 Å². The van der Waals surface area contributed by atoms with Crippen LogP contribution in [0.4, 0.5) is 11.4 Å². The first-order chi connectivity index (χ1) is 16.9.